The maximum atomic E-state index is 11.9. The smallest absolute Gasteiger partial charge is 0.239 e. The lowest BCUT2D eigenvalue weighted by Gasteiger charge is -2.36. The predicted molar refractivity (Wildman–Crippen MR) is 59.2 cm³/mol. The Balaban J connectivity index is 2.54. The third-order valence-electron chi connectivity index (χ3n) is 3.23. The number of carbonyl (C=O) groups excluding carboxylic acids is 1. The zero-order chi connectivity index (χ0) is 11.6. The zero-order valence-corrected chi connectivity index (χ0v) is 9.81. The molecule has 0 aromatic rings. The van der Waals surface area contributed by atoms with Gasteiger partial charge in [0, 0.05) is 13.1 Å². The van der Waals surface area contributed by atoms with Gasteiger partial charge in [-0.3, -0.25) is 4.79 Å². The molecule has 15 heavy (non-hydrogen) atoms. The van der Waals surface area contributed by atoms with Crippen molar-refractivity contribution in [3.63, 3.8) is 0 Å². The van der Waals surface area contributed by atoms with E-state index in [1.165, 1.54) is 0 Å². The van der Waals surface area contributed by atoms with Crippen LogP contribution < -0.4 is 5.73 Å². The summed E-state index contributed by atoms with van der Waals surface area (Å²) in [4.78, 5) is 13.6. The van der Waals surface area contributed by atoms with Crippen molar-refractivity contribution in [1.82, 2.24) is 4.90 Å². The van der Waals surface area contributed by atoms with Crippen molar-refractivity contribution in [2.45, 2.75) is 39.3 Å². The van der Waals surface area contributed by atoms with E-state index in [4.69, 9.17) is 5.73 Å². The molecule has 0 aromatic heterocycles. The summed E-state index contributed by atoms with van der Waals surface area (Å²) in [6, 6.07) is -0.439. The van der Waals surface area contributed by atoms with Crippen LogP contribution in [0, 0.1) is 11.8 Å². The number of aliphatic hydroxyl groups excluding tert-OH is 1. The van der Waals surface area contributed by atoms with Crippen LogP contribution in [-0.2, 0) is 4.79 Å². The van der Waals surface area contributed by atoms with Crippen LogP contribution >= 0.6 is 0 Å². The van der Waals surface area contributed by atoms with Gasteiger partial charge >= 0.3 is 0 Å². The Bertz CT molecular complexity index is 231. The highest BCUT2D eigenvalue weighted by molar-refractivity contribution is 5.82. The maximum Gasteiger partial charge on any atom is 0.239 e. The van der Waals surface area contributed by atoms with Crippen molar-refractivity contribution < 1.29 is 9.90 Å². The van der Waals surface area contributed by atoms with Crippen LogP contribution in [0.4, 0.5) is 0 Å². The first-order valence-electron chi connectivity index (χ1n) is 5.66. The molecule has 4 nitrogen and oxygen atoms in total. The molecule has 1 amide bonds. The Hall–Kier alpha value is -0.610. The van der Waals surface area contributed by atoms with Gasteiger partial charge in [0.2, 0.25) is 5.91 Å². The molecule has 1 saturated heterocycles. The summed E-state index contributed by atoms with van der Waals surface area (Å²) in [6.07, 6.45) is 0.458. The highest BCUT2D eigenvalue weighted by atomic mass is 16.3. The third-order valence-corrected chi connectivity index (χ3v) is 3.23. The number of β-amino-alcohol motifs (C(OH)–C–C–N with tert-alkyl or cyclic N) is 1. The van der Waals surface area contributed by atoms with Crippen LogP contribution in [0.2, 0.25) is 0 Å². The minimum Gasteiger partial charge on any atom is -0.391 e. The van der Waals surface area contributed by atoms with Crippen molar-refractivity contribution in [3.05, 3.63) is 0 Å². The Morgan fingerprint density at radius 3 is 2.60 bits per heavy atom. The second kappa shape index (κ2) is 4.94. The Morgan fingerprint density at radius 2 is 2.13 bits per heavy atom. The average molecular weight is 214 g/mol. The van der Waals surface area contributed by atoms with Gasteiger partial charge in [0.15, 0.2) is 0 Å². The number of nitrogens with two attached hydrogens (primary N) is 1. The third kappa shape index (κ3) is 2.92. The highest BCUT2D eigenvalue weighted by Crippen LogP contribution is 2.18. The van der Waals surface area contributed by atoms with Gasteiger partial charge in [-0.2, -0.15) is 0 Å². The number of piperidine rings is 1. The predicted octanol–water partition coefficient (Wildman–Crippen LogP) is 0.199. The summed E-state index contributed by atoms with van der Waals surface area (Å²) < 4.78 is 0. The molecule has 1 fully saturated rings. The molecule has 3 atom stereocenters. The van der Waals surface area contributed by atoms with E-state index in [2.05, 4.69) is 0 Å². The van der Waals surface area contributed by atoms with Crippen LogP contribution in [0.25, 0.3) is 0 Å². The molecule has 4 heteroatoms. The van der Waals surface area contributed by atoms with E-state index in [9.17, 15) is 9.90 Å². The molecule has 0 saturated carbocycles. The van der Waals surface area contributed by atoms with E-state index in [1.54, 1.807) is 4.90 Å². The lowest BCUT2D eigenvalue weighted by Crippen LogP contribution is -2.52. The topological polar surface area (TPSA) is 66.6 Å². The van der Waals surface area contributed by atoms with Crippen molar-refractivity contribution >= 4 is 5.91 Å². The summed E-state index contributed by atoms with van der Waals surface area (Å²) >= 11 is 0. The van der Waals surface area contributed by atoms with Crippen LogP contribution in [-0.4, -0.2) is 41.1 Å². The molecule has 0 aliphatic carbocycles. The number of carbonyl (C=O) groups is 1. The summed E-state index contributed by atoms with van der Waals surface area (Å²) in [6.45, 7) is 7.03. The molecule has 0 spiro atoms. The first-order chi connectivity index (χ1) is 6.93. The number of nitrogens with zero attached hydrogens (tertiary/aromatic N) is 1. The van der Waals surface area contributed by atoms with Crippen molar-refractivity contribution in [2.75, 3.05) is 13.1 Å². The number of rotatable bonds is 2. The van der Waals surface area contributed by atoms with E-state index in [-0.39, 0.29) is 17.7 Å². The molecule has 2 unspecified atom stereocenters. The number of amides is 1. The standard InChI is InChI=1S/C11H22N2O2/c1-7(2)10(12)11(15)13-5-4-8(3)9(14)6-13/h7-10,14H,4-6,12H2,1-3H3/t8?,9?,10-/m1/s1. The molecule has 3 N–H and O–H groups in total. The van der Waals surface area contributed by atoms with Gasteiger partial charge in [-0.05, 0) is 18.3 Å². The quantitative estimate of drug-likeness (QED) is 0.690. The lowest BCUT2D eigenvalue weighted by molar-refractivity contribution is -0.137. The minimum absolute atomic E-state index is 0.0315. The van der Waals surface area contributed by atoms with E-state index in [0.717, 1.165) is 13.0 Å². The molecule has 1 aliphatic rings. The number of likely N-dealkylation sites (tertiary alicyclic amines) is 1. The lowest BCUT2D eigenvalue weighted by atomic mass is 9.94. The first kappa shape index (κ1) is 12.5. The molecule has 1 rings (SSSR count). The molecule has 1 aliphatic heterocycles. The molecule has 1 heterocycles. The average Bonchev–Trinajstić information content (AvgIpc) is 2.19. The van der Waals surface area contributed by atoms with Gasteiger partial charge in [-0.1, -0.05) is 20.8 Å². The maximum absolute atomic E-state index is 11.9. The van der Waals surface area contributed by atoms with Gasteiger partial charge in [0.05, 0.1) is 12.1 Å². The number of aliphatic hydroxyl groups is 1. The monoisotopic (exact) mass is 214 g/mol. The van der Waals surface area contributed by atoms with Crippen LogP contribution in [0.15, 0.2) is 0 Å². The fourth-order valence-electron chi connectivity index (χ4n) is 1.75. The SMILES string of the molecule is CC1CCN(C(=O)[C@H](N)C(C)C)CC1O. The van der Waals surface area contributed by atoms with Gasteiger partial charge in [0.1, 0.15) is 0 Å². The summed E-state index contributed by atoms with van der Waals surface area (Å²) in [5.41, 5.74) is 5.80. The van der Waals surface area contributed by atoms with Gasteiger partial charge < -0.3 is 15.7 Å². The van der Waals surface area contributed by atoms with Crippen LogP contribution in [0.1, 0.15) is 27.2 Å². The van der Waals surface area contributed by atoms with Crippen molar-refractivity contribution in [3.8, 4) is 0 Å². The molecule has 0 bridgehead atoms. The second-order valence-electron chi connectivity index (χ2n) is 4.89. The van der Waals surface area contributed by atoms with Crippen LogP contribution in [0.3, 0.4) is 0 Å². The van der Waals surface area contributed by atoms with E-state index >= 15 is 0 Å². The van der Waals surface area contributed by atoms with Gasteiger partial charge in [-0.15, -0.1) is 0 Å². The summed E-state index contributed by atoms with van der Waals surface area (Å²) in [7, 11) is 0. The largest absolute Gasteiger partial charge is 0.391 e. The van der Waals surface area contributed by atoms with Crippen molar-refractivity contribution in [1.29, 1.82) is 0 Å². The fraction of sp³-hybridized carbons (Fsp3) is 0.909. The molecular formula is C11H22N2O2. The Morgan fingerprint density at radius 1 is 1.53 bits per heavy atom. The van der Waals surface area contributed by atoms with E-state index < -0.39 is 12.1 Å². The first-order valence-corrected chi connectivity index (χ1v) is 5.66. The molecule has 88 valence electrons. The van der Waals surface area contributed by atoms with Crippen molar-refractivity contribution in [2.24, 2.45) is 17.6 Å². The summed E-state index contributed by atoms with van der Waals surface area (Å²) in [5, 5.41) is 9.68. The fourth-order valence-corrected chi connectivity index (χ4v) is 1.75. The van der Waals surface area contributed by atoms with E-state index in [0.29, 0.717) is 6.54 Å². The highest BCUT2D eigenvalue weighted by Gasteiger charge is 2.30. The second-order valence-corrected chi connectivity index (χ2v) is 4.89. The minimum atomic E-state index is -0.439. The number of hydrogen-bond donors (Lipinski definition) is 2. The molecule has 0 aromatic carbocycles. The van der Waals surface area contributed by atoms with E-state index in [1.807, 2.05) is 20.8 Å². The molecule has 0 radical (unpaired) electrons. The normalized spacial score (nSPS) is 29.3. The summed E-state index contributed by atoms with van der Waals surface area (Å²) in [5.74, 6) is 0.397. The van der Waals surface area contributed by atoms with Gasteiger partial charge in [-0.25, -0.2) is 0 Å². The van der Waals surface area contributed by atoms with Crippen LogP contribution in [0.5, 0.6) is 0 Å². The Labute approximate surface area is 91.4 Å². The Kier molecular flexibility index (Phi) is 4.11. The molecular weight excluding hydrogens is 192 g/mol. The number of hydrogen-bond acceptors (Lipinski definition) is 3. The zero-order valence-electron chi connectivity index (χ0n) is 9.81. The van der Waals surface area contributed by atoms with Gasteiger partial charge in [0.25, 0.3) is 0 Å².